The number of amides is 1. The van der Waals surface area contributed by atoms with Gasteiger partial charge in [0.2, 0.25) is 27.6 Å². The fraction of sp³-hybridized carbons (Fsp3) is 0.348. The first-order chi connectivity index (χ1) is 16.9. The standard InChI is InChI=1S/C23H26N4O7S/c1-31-18-12-16(13-19(32-2)20(18)33-3)22-25-26-23(34-22)24-21(28)15-8-7-11-27(14-15)35(29,30)17-9-5-4-6-10-17/h4-6,9-10,12-13,15H,7-8,11,14H2,1-3H3,(H,24,26,28). The van der Waals surface area contributed by atoms with Gasteiger partial charge in [-0.1, -0.05) is 23.3 Å². The van der Waals surface area contributed by atoms with Crippen LogP contribution in [-0.4, -0.2) is 63.2 Å². The molecule has 12 heteroatoms. The number of benzene rings is 2. The predicted molar refractivity (Wildman–Crippen MR) is 126 cm³/mol. The van der Waals surface area contributed by atoms with Crippen LogP contribution in [0.3, 0.4) is 0 Å². The molecule has 1 unspecified atom stereocenters. The summed E-state index contributed by atoms with van der Waals surface area (Å²) in [5.41, 5.74) is 0.505. The second-order valence-corrected chi connectivity index (χ2v) is 9.77. The second kappa shape index (κ2) is 10.3. The number of aromatic nitrogens is 2. The molecule has 2 aromatic carbocycles. The zero-order valence-corrected chi connectivity index (χ0v) is 20.4. The number of rotatable bonds is 8. The molecule has 11 nitrogen and oxygen atoms in total. The van der Waals surface area contributed by atoms with E-state index >= 15 is 0 Å². The van der Waals surface area contributed by atoms with E-state index in [-0.39, 0.29) is 23.3 Å². The summed E-state index contributed by atoms with van der Waals surface area (Å²) in [6.45, 7) is 0.420. The van der Waals surface area contributed by atoms with Gasteiger partial charge in [0.15, 0.2) is 11.5 Å². The van der Waals surface area contributed by atoms with Crippen molar-refractivity contribution in [2.45, 2.75) is 17.7 Å². The van der Waals surface area contributed by atoms with E-state index in [0.29, 0.717) is 42.2 Å². The van der Waals surface area contributed by atoms with Gasteiger partial charge in [0, 0.05) is 18.7 Å². The zero-order chi connectivity index (χ0) is 25.0. The lowest BCUT2D eigenvalue weighted by Gasteiger charge is -2.30. The van der Waals surface area contributed by atoms with E-state index in [2.05, 4.69) is 15.5 Å². The van der Waals surface area contributed by atoms with Gasteiger partial charge in [0.1, 0.15) is 0 Å². The minimum atomic E-state index is -3.68. The Hall–Kier alpha value is -3.64. The molecule has 0 aliphatic carbocycles. The molecule has 1 amide bonds. The van der Waals surface area contributed by atoms with Gasteiger partial charge in [-0.05, 0) is 37.1 Å². The topological polar surface area (TPSA) is 133 Å². The third-order valence-corrected chi connectivity index (χ3v) is 7.58. The number of methoxy groups -OCH3 is 3. The smallest absolute Gasteiger partial charge is 0.322 e. The molecule has 0 radical (unpaired) electrons. The predicted octanol–water partition coefficient (Wildman–Crippen LogP) is 2.80. The quantitative estimate of drug-likeness (QED) is 0.493. The highest BCUT2D eigenvalue weighted by molar-refractivity contribution is 7.89. The Bertz CT molecular complexity index is 1270. The Morgan fingerprint density at radius 2 is 1.74 bits per heavy atom. The number of hydrogen-bond acceptors (Lipinski definition) is 9. The Balaban J connectivity index is 1.48. The van der Waals surface area contributed by atoms with Gasteiger partial charge in [-0.25, -0.2) is 8.42 Å². The molecule has 0 saturated carbocycles. The molecular formula is C23H26N4O7S. The number of carbonyl (C=O) groups excluding carboxylic acids is 1. The van der Waals surface area contributed by atoms with Gasteiger partial charge in [0.05, 0.1) is 32.1 Å². The Labute approximate surface area is 203 Å². The minimum Gasteiger partial charge on any atom is -0.493 e. The van der Waals surface area contributed by atoms with Crippen LogP contribution >= 0.6 is 0 Å². The SMILES string of the molecule is COc1cc(-c2nnc(NC(=O)C3CCCN(S(=O)(=O)c4ccccc4)C3)o2)cc(OC)c1OC. The van der Waals surface area contributed by atoms with E-state index in [0.717, 1.165) is 0 Å². The second-order valence-electron chi connectivity index (χ2n) is 7.83. The fourth-order valence-corrected chi connectivity index (χ4v) is 5.46. The van der Waals surface area contributed by atoms with Gasteiger partial charge in [-0.3, -0.25) is 10.1 Å². The summed E-state index contributed by atoms with van der Waals surface area (Å²) in [4.78, 5) is 13.1. The third kappa shape index (κ3) is 5.08. The molecule has 1 aliphatic rings. The molecule has 2 heterocycles. The number of hydrogen-bond donors (Lipinski definition) is 1. The molecule has 1 N–H and O–H groups in total. The number of nitrogens with one attached hydrogen (secondary N) is 1. The van der Waals surface area contributed by atoms with Crippen molar-refractivity contribution in [1.82, 2.24) is 14.5 Å². The lowest BCUT2D eigenvalue weighted by atomic mass is 9.99. The molecule has 35 heavy (non-hydrogen) atoms. The van der Waals surface area contributed by atoms with Crippen molar-refractivity contribution >= 4 is 21.9 Å². The van der Waals surface area contributed by atoms with Crippen LogP contribution in [-0.2, 0) is 14.8 Å². The van der Waals surface area contributed by atoms with E-state index in [4.69, 9.17) is 18.6 Å². The van der Waals surface area contributed by atoms with Gasteiger partial charge in [-0.2, -0.15) is 4.31 Å². The summed E-state index contributed by atoms with van der Waals surface area (Å²) < 4.78 is 48.9. The van der Waals surface area contributed by atoms with Gasteiger partial charge in [0.25, 0.3) is 0 Å². The fourth-order valence-electron chi connectivity index (χ4n) is 3.92. The highest BCUT2D eigenvalue weighted by Crippen LogP contribution is 2.41. The van der Waals surface area contributed by atoms with Crippen molar-refractivity contribution in [3.63, 3.8) is 0 Å². The lowest BCUT2D eigenvalue weighted by molar-refractivity contribution is -0.121. The van der Waals surface area contributed by atoms with Crippen molar-refractivity contribution in [2.24, 2.45) is 5.92 Å². The molecule has 4 rings (SSSR count). The van der Waals surface area contributed by atoms with E-state index < -0.39 is 21.8 Å². The average Bonchev–Trinajstić information content (AvgIpc) is 3.36. The van der Waals surface area contributed by atoms with Crippen LogP contribution in [0.2, 0.25) is 0 Å². The van der Waals surface area contributed by atoms with Crippen molar-refractivity contribution in [1.29, 1.82) is 0 Å². The summed E-state index contributed by atoms with van der Waals surface area (Å²) >= 11 is 0. The van der Waals surface area contributed by atoms with E-state index in [1.807, 2.05) is 0 Å². The molecule has 1 aliphatic heterocycles. The summed E-state index contributed by atoms with van der Waals surface area (Å²) in [5, 5.41) is 10.5. The maximum absolute atomic E-state index is 12.9. The van der Waals surface area contributed by atoms with E-state index in [9.17, 15) is 13.2 Å². The summed E-state index contributed by atoms with van der Waals surface area (Å²) in [7, 11) is 0.798. The number of carbonyl (C=O) groups is 1. The Kier molecular flexibility index (Phi) is 7.22. The molecule has 3 aromatic rings. The number of ether oxygens (including phenoxy) is 3. The molecule has 0 spiro atoms. The largest absolute Gasteiger partial charge is 0.493 e. The number of piperidine rings is 1. The summed E-state index contributed by atoms with van der Waals surface area (Å²) in [6.07, 6.45) is 1.10. The maximum Gasteiger partial charge on any atom is 0.322 e. The Morgan fingerprint density at radius 1 is 1.06 bits per heavy atom. The van der Waals surface area contributed by atoms with Crippen molar-refractivity contribution in [3.8, 4) is 28.7 Å². The van der Waals surface area contributed by atoms with Crippen molar-refractivity contribution in [2.75, 3.05) is 39.7 Å². The van der Waals surface area contributed by atoms with E-state index in [1.165, 1.54) is 25.6 Å². The number of nitrogens with zero attached hydrogens (tertiary/aromatic N) is 3. The average molecular weight is 503 g/mol. The van der Waals surface area contributed by atoms with Crippen molar-refractivity contribution < 1.29 is 31.8 Å². The minimum absolute atomic E-state index is 0.0664. The number of sulfonamides is 1. The van der Waals surface area contributed by atoms with Crippen LogP contribution in [0.5, 0.6) is 17.2 Å². The highest BCUT2D eigenvalue weighted by Gasteiger charge is 2.33. The van der Waals surface area contributed by atoms with Crippen molar-refractivity contribution in [3.05, 3.63) is 42.5 Å². The molecule has 186 valence electrons. The van der Waals surface area contributed by atoms with Crippen LogP contribution in [0.25, 0.3) is 11.5 Å². The summed E-state index contributed by atoms with van der Waals surface area (Å²) in [6, 6.07) is 11.4. The molecular weight excluding hydrogens is 476 g/mol. The number of anilines is 1. The maximum atomic E-state index is 12.9. The first kappa shape index (κ1) is 24.5. The monoisotopic (exact) mass is 502 g/mol. The van der Waals surface area contributed by atoms with Crippen LogP contribution < -0.4 is 19.5 Å². The van der Waals surface area contributed by atoms with Crippen LogP contribution in [0.15, 0.2) is 51.8 Å². The van der Waals surface area contributed by atoms with Gasteiger partial charge in [-0.15, -0.1) is 5.10 Å². The van der Waals surface area contributed by atoms with Crippen LogP contribution in [0.1, 0.15) is 12.8 Å². The molecule has 1 fully saturated rings. The molecule has 1 atom stereocenters. The summed E-state index contributed by atoms with van der Waals surface area (Å²) in [5.74, 6) is 0.424. The molecule has 0 bridgehead atoms. The van der Waals surface area contributed by atoms with Gasteiger partial charge >= 0.3 is 6.01 Å². The normalized spacial score (nSPS) is 16.5. The Morgan fingerprint density at radius 3 is 2.37 bits per heavy atom. The first-order valence-electron chi connectivity index (χ1n) is 10.9. The lowest BCUT2D eigenvalue weighted by Crippen LogP contribution is -2.43. The molecule has 1 aromatic heterocycles. The van der Waals surface area contributed by atoms with E-state index in [1.54, 1.807) is 42.5 Å². The third-order valence-electron chi connectivity index (χ3n) is 5.70. The van der Waals surface area contributed by atoms with Gasteiger partial charge < -0.3 is 18.6 Å². The van der Waals surface area contributed by atoms with Crippen LogP contribution in [0, 0.1) is 5.92 Å². The first-order valence-corrected chi connectivity index (χ1v) is 12.3. The zero-order valence-electron chi connectivity index (χ0n) is 19.6. The van der Waals surface area contributed by atoms with Crippen LogP contribution in [0.4, 0.5) is 6.01 Å². The molecule has 1 saturated heterocycles. The highest BCUT2D eigenvalue weighted by atomic mass is 32.2.